The minimum atomic E-state index is -0.489. The van der Waals surface area contributed by atoms with E-state index in [4.69, 9.17) is 11.6 Å². The van der Waals surface area contributed by atoms with Crippen molar-refractivity contribution in [2.75, 3.05) is 0 Å². The molecule has 1 amide bonds. The van der Waals surface area contributed by atoms with Crippen LogP contribution >= 0.6 is 11.6 Å². The normalized spacial score (nSPS) is 11.8. The van der Waals surface area contributed by atoms with Gasteiger partial charge in [0.1, 0.15) is 5.82 Å². The van der Waals surface area contributed by atoms with E-state index in [-0.39, 0.29) is 22.9 Å². The number of nitrogens with one attached hydrogen (secondary N) is 1. The third-order valence-electron chi connectivity index (χ3n) is 3.82. The SMILES string of the molecule is O=C(Cc1c(F)cccc1Cl)NC(c1ccccc1)c1ccccn1. The van der Waals surface area contributed by atoms with Gasteiger partial charge >= 0.3 is 0 Å². The Balaban J connectivity index is 1.84. The van der Waals surface area contributed by atoms with Crippen molar-refractivity contribution in [2.24, 2.45) is 0 Å². The summed E-state index contributed by atoms with van der Waals surface area (Å²) < 4.78 is 13.9. The number of rotatable bonds is 5. The van der Waals surface area contributed by atoms with Crippen molar-refractivity contribution < 1.29 is 9.18 Å². The van der Waals surface area contributed by atoms with Gasteiger partial charge in [-0.15, -0.1) is 0 Å². The third kappa shape index (κ3) is 4.22. The first-order valence-electron chi connectivity index (χ1n) is 7.83. The lowest BCUT2D eigenvalue weighted by atomic mass is 10.0. The largest absolute Gasteiger partial charge is 0.343 e. The second-order valence-electron chi connectivity index (χ2n) is 5.54. The molecule has 0 bridgehead atoms. The van der Waals surface area contributed by atoms with E-state index in [1.54, 1.807) is 12.3 Å². The fraction of sp³-hybridized carbons (Fsp3) is 0.100. The van der Waals surface area contributed by atoms with Crippen LogP contribution in [0.25, 0.3) is 0 Å². The van der Waals surface area contributed by atoms with Gasteiger partial charge in [0.05, 0.1) is 18.2 Å². The van der Waals surface area contributed by atoms with Gasteiger partial charge in [-0.3, -0.25) is 9.78 Å². The fourth-order valence-electron chi connectivity index (χ4n) is 2.59. The first-order chi connectivity index (χ1) is 12.1. The number of nitrogens with zero attached hydrogens (tertiary/aromatic N) is 1. The van der Waals surface area contributed by atoms with E-state index in [0.717, 1.165) is 5.56 Å². The van der Waals surface area contributed by atoms with E-state index in [9.17, 15) is 9.18 Å². The monoisotopic (exact) mass is 354 g/mol. The molecule has 3 nitrogen and oxygen atoms in total. The van der Waals surface area contributed by atoms with E-state index >= 15 is 0 Å². The molecule has 0 aliphatic rings. The molecule has 1 N–H and O–H groups in total. The van der Waals surface area contributed by atoms with Gasteiger partial charge in [0, 0.05) is 16.8 Å². The summed E-state index contributed by atoms with van der Waals surface area (Å²) >= 11 is 6.01. The molecule has 25 heavy (non-hydrogen) atoms. The Bertz CT molecular complexity index is 796. The Hall–Kier alpha value is -2.72. The van der Waals surface area contributed by atoms with Gasteiger partial charge in [0.25, 0.3) is 0 Å². The predicted molar refractivity (Wildman–Crippen MR) is 95.8 cm³/mol. The van der Waals surface area contributed by atoms with Crippen LogP contribution in [0.1, 0.15) is 22.9 Å². The lowest BCUT2D eigenvalue weighted by Gasteiger charge is -2.19. The minimum Gasteiger partial charge on any atom is -0.343 e. The predicted octanol–water partition coefficient (Wildman–Crippen LogP) is 4.32. The minimum absolute atomic E-state index is 0.137. The van der Waals surface area contributed by atoms with Crippen LogP contribution in [0.15, 0.2) is 72.9 Å². The van der Waals surface area contributed by atoms with Crippen LogP contribution in [-0.4, -0.2) is 10.9 Å². The maximum atomic E-state index is 13.9. The zero-order valence-electron chi connectivity index (χ0n) is 13.3. The van der Waals surface area contributed by atoms with E-state index < -0.39 is 11.9 Å². The smallest absolute Gasteiger partial charge is 0.225 e. The van der Waals surface area contributed by atoms with Crippen LogP contribution < -0.4 is 5.32 Å². The van der Waals surface area contributed by atoms with Gasteiger partial charge in [-0.2, -0.15) is 0 Å². The van der Waals surface area contributed by atoms with Gasteiger partial charge in [-0.25, -0.2) is 4.39 Å². The summed E-state index contributed by atoms with van der Waals surface area (Å²) in [5.74, 6) is -0.816. The van der Waals surface area contributed by atoms with Crippen molar-refractivity contribution >= 4 is 17.5 Å². The molecule has 0 aliphatic carbocycles. The van der Waals surface area contributed by atoms with E-state index in [1.807, 2.05) is 48.5 Å². The number of halogens is 2. The average Bonchev–Trinajstić information content (AvgIpc) is 2.64. The number of carbonyl (C=O) groups excluding carboxylic acids is 1. The van der Waals surface area contributed by atoms with Crippen molar-refractivity contribution in [2.45, 2.75) is 12.5 Å². The summed E-state index contributed by atoms with van der Waals surface area (Å²) in [6.07, 6.45) is 1.53. The molecular weight excluding hydrogens is 339 g/mol. The first-order valence-corrected chi connectivity index (χ1v) is 8.21. The van der Waals surface area contributed by atoms with Crippen LogP contribution in [0.2, 0.25) is 5.02 Å². The number of hydrogen-bond acceptors (Lipinski definition) is 2. The van der Waals surface area contributed by atoms with E-state index in [2.05, 4.69) is 10.3 Å². The quantitative estimate of drug-likeness (QED) is 0.741. The Morgan fingerprint density at radius 3 is 2.48 bits per heavy atom. The Morgan fingerprint density at radius 1 is 1.04 bits per heavy atom. The fourth-order valence-corrected chi connectivity index (χ4v) is 2.82. The molecule has 0 radical (unpaired) electrons. The zero-order chi connectivity index (χ0) is 17.6. The maximum Gasteiger partial charge on any atom is 0.225 e. The van der Waals surface area contributed by atoms with E-state index in [0.29, 0.717) is 5.69 Å². The second-order valence-corrected chi connectivity index (χ2v) is 5.95. The molecule has 3 aromatic rings. The molecule has 1 heterocycles. The molecule has 126 valence electrons. The molecule has 1 unspecified atom stereocenters. The Kier molecular flexibility index (Phi) is 5.41. The van der Waals surface area contributed by atoms with Crippen molar-refractivity contribution in [1.29, 1.82) is 0 Å². The number of carbonyl (C=O) groups is 1. The van der Waals surface area contributed by atoms with Crippen LogP contribution in [0.4, 0.5) is 4.39 Å². The standard InChI is InChI=1S/C20H16ClFN2O/c21-16-9-6-10-17(22)15(16)13-19(25)24-20(14-7-2-1-3-8-14)18-11-4-5-12-23-18/h1-12,20H,13H2,(H,24,25). The number of pyridine rings is 1. The second kappa shape index (κ2) is 7.90. The molecule has 0 spiro atoms. The van der Waals surface area contributed by atoms with Crippen molar-refractivity contribution in [3.8, 4) is 0 Å². The summed E-state index contributed by atoms with van der Waals surface area (Å²) in [6.45, 7) is 0. The van der Waals surface area contributed by atoms with E-state index in [1.165, 1.54) is 12.1 Å². The molecule has 1 atom stereocenters. The summed E-state index contributed by atoms with van der Waals surface area (Å²) in [6, 6.07) is 19.0. The van der Waals surface area contributed by atoms with Gasteiger partial charge in [0.15, 0.2) is 0 Å². The van der Waals surface area contributed by atoms with Crippen molar-refractivity contribution in [1.82, 2.24) is 10.3 Å². The number of amides is 1. The van der Waals surface area contributed by atoms with Gasteiger partial charge in [-0.05, 0) is 29.8 Å². The Morgan fingerprint density at radius 2 is 1.80 bits per heavy atom. The van der Waals surface area contributed by atoms with Gasteiger partial charge < -0.3 is 5.32 Å². The molecule has 2 aromatic carbocycles. The lowest BCUT2D eigenvalue weighted by Crippen LogP contribution is -2.31. The van der Waals surface area contributed by atoms with Crippen molar-refractivity contribution in [3.63, 3.8) is 0 Å². The first kappa shape index (κ1) is 17.1. The highest BCUT2D eigenvalue weighted by molar-refractivity contribution is 6.31. The summed E-state index contributed by atoms with van der Waals surface area (Å²) in [7, 11) is 0. The molecular formula is C20H16ClFN2O. The van der Waals surface area contributed by atoms with Crippen LogP contribution in [0.5, 0.6) is 0 Å². The average molecular weight is 355 g/mol. The zero-order valence-corrected chi connectivity index (χ0v) is 14.1. The molecule has 0 saturated heterocycles. The van der Waals surface area contributed by atoms with Crippen LogP contribution in [0, 0.1) is 5.82 Å². The highest BCUT2D eigenvalue weighted by Gasteiger charge is 2.19. The highest BCUT2D eigenvalue weighted by atomic mass is 35.5. The van der Waals surface area contributed by atoms with Gasteiger partial charge in [0.2, 0.25) is 5.91 Å². The Labute approximate surface area is 150 Å². The number of aromatic nitrogens is 1. The van der Waals surface area contributed by atoms with Crippen LogP contribution in [0.3, 0.4) is 0 Å². The number of benzene rings is 2. The molecule has 0 saturated carbocycles. The summed E-state index contributed by atoms with van der Waals surface area (Å²) in [5, 5.41) is 3.17. The summed E-state index contributed by atoms with van der Waals surface area (Å²) in [4.78, 5) is 16.8. The highest BCUT2D eigenvalue weighted by Crippen LogP contribution is 2.22. The van der Waals surface area contributed by atoms with Crippen molar-refractivity contribution in [3.05, 3.63) is 101 Å². The van der Waals surface area contributed by atoms with Crippen LogP contribution in [-0.2, 0) is 11.2 Å². The molecule has 3 rings (SSSR count). The number of hydrogen-bond donors (Lipinski definition) is 1. The molecule has 0 aliphatic heterocycles. The topological polar surface area (TPSA) is 42.0 Å². The lowest BCUT2D eigenvalue weighted by molar-refractivity contribution is -0.121. The maximum absolute atomic E-state index is 13.9. The third-order valence-corrected chi connectivity index (χ3v) is 4.17. The molecule has 5 heteroatoms. The summed E-state index contributed by atoms with van der Waals surface area (Å²) in [5.41, 5.74) is 1.80. The van der Waals surface area contributed by atoms with Gasteiger partial charge in [-0.1, -0.05) is 54.1 Å². The molecule has 0 fully saturated rings. The molecule has 1 aromatic heterocycles.